The molecule has 0 aliphatic rings. The van der Waals surface area contributed by atoms with Gasteiger partial charge in [0.15, 0.2) is 0 Å². The lowest BCUT2D eigenvalue weighted by Gasteiger charge is -2.16. The second-order valence-corrected chi connectivity index (χ2v) is 5.31. The van der Waals surface area contributed by atoms with Gasteiger partial charge in [-0.3, -0.25) is 0 Å². The van der Waals surface area contributed by atoms with Gasteiger partial charge in [-0.25, -0.2) is 0 Å². The van der Waals surface area contributed by atoms with Gasteiger partial charge < -0.3 is 5.21 Å². The quantitative estimate of drug-likeness (QED) is 0.304. The third-order valence-electron chi connectivity index (χ3n) is 2.48. The number of hydrogen-bond donors (Lipinski definition) is 1. The van der Waals surface area contributed by atoms with E-state index in [0.29, 0.717) is 0 Å². The zero-order valence-corrected chi connectivity index (χ0v) is 11.2. The molecule has 0 aromatic carbocycles. The van der Waals surface area contributed by atoms with E-state index in [2.05, 4.69) is 51.9 Å². The highest BCUT2D eigenvalue weighted by atomic mass is 16.4. The Morgan fingerprint density at radius 3 is 2.31 bits per heavy atom. The molecule has 0 radical (unpaired) electrons. The summed E-state index contributed by atoms with van der Waals surface area (Å²) in [5, 5.41) is 11.6. The predicted octanol–water partition coefficient (Wildman–Crippen LogP) is 4.56. The Hall–Kier alpha value is -1.05. The first-order valence-corrected chi connectivity index (χ1v) is 5.85. The van der Waals surface area contributed by atoms with Crippen LogP contribution >= 0.6 is 0 Å². The van der Waals surface area contributed by atoms with Gasteiger partial charge in [0.25, 0.3) is 0 Å². The molecule has 0 aliphatic heterocycles. The average molecular weight is 223 g/mol. The van der Waals surface area contributed by atoms with Crippen LogP contribution in [-0.2, 0) is 0 Å². The molecule has 0 aromatic rings. The smallest absolute Gasteiger partial charge is 0.0495 e. The number of hydrogen-bond acceptors (Lipinski definition) is 2. The first kappa shape index (κ1) is 14.9. The summed E-state index contributed by atoms with van der Waals surface area (Å²) in [5.74, 6) is 0. The summed E-state index contributed by atoms with van der Waals surface area (Å²) in [6.07, 6.45) is 9.22. The average Bonchev–Trinajstić information content (AvgIpc) is 2.14. The molecule has 2 nitrogen and oxygen atoms in total. The monoisotopic (exact) mass is 223 g/mol. The van der Waals surface area contributed by atoms with Crippen molar-refractivity contribution in [2.75, 3.05) is 0 Å². The molecule has 0 atom stereocenters. The first-order chi connectivity index (χ1) is 7.37. The standard InChI is InChI=1S/C14H25NO/c1-12(2)7-6-8-13(3)9-10-14(4,5)11-15-16/h7,9,11,16H,6,8,10H2,1-5H3. The van der Waals surface area contributed by atoms with Crippen molar-refractivity contribution in [2.45, 2.75) is 53.9 Å². The van der Waals surface area contributed by atoms with Crippen molar-refractivity contribution in [1.82, 2.24) is 0 Å². The fourth-order valence-electron chi connectivity index (χ4n) is 1.34. The van der Waals surface area contributed by atoms with Crippen molar-refractivity contribution in [3.8, 4) is 0 Å². The highest BCUT2D eigenvalue weighted by Gasteiger charge is 2.13. The predicted molar refractivity (Wildman–Crippen MR) is 71.1 cm³/mol. The molecule has 0 bridgehead atoms. The fraction of sp³-hybridized carbons (Fsp3) is 0.643. The van der Waals surface area contributed by atoms with Crippen molar-refractivity contribution < 1.29 is 5.21 Å². The molecule has 16 heavy (non-hydrogen) atoms. The second-order valence-electron chi connectivity index (χ2n) is 5.31. The molecule has 0 spiro atoms. The van der Waals surface area contributed by atoms with E-state index < -0.39 is 0 Å². The fourth-order valence-corrected chi connectivity index (χ4v) is 1.34. The van der Waals surface area contributed by atoms with E-state index in [1.807, 2.05) is 0 Å². The molecule has 92 valence electrons. The van der Waals surface area contributed by atoms with Crippen molar-refractivity contribution in [3.63, 3.8) is 0 Å². The van der Waals surface area contributed by atoms with Crippen LogP contribution in [0.5, 0.6) is 0 Å². The Morgan fingerprint density at radius 1 is 1.19 bits per heavy atom. The van der Waals surface area contributed by atoms with Gasteiger partial charge in [-0.1, -0.05) is 37.1 Å². The maximum absolute atomic E-state index is 8.51. The minimum absolute atomic E-state index is 0.0630. The highest BCUT2D eigenvalue weighted by molar-refractivity contribution is 5.64. The third kappa shape index (κ3) is 8.27. The maximum atomic E-state index is 8.51. The molecule has 0 aliphatic carbocycles. The molecule has 2 heteroatoms. The van der Waals surface area contributed by atoms with Crippen LogP contribution in [0.2, 0.25) is 0 Å². The van der Waals surface area contributed by atoms with Gasteiger partial charge in [0.1, 0.15) is 0 Å². The summed E-state index contributed by atoms with van der Waals surface area (Å²) in [4.78, 5) is 0. The summed E-state index contributed by atoms with van der Waals surface area (Å²) in [6, 6.07) is 0. The minimum Gasteiger partial charge on any atom is -0.411 e. The number of allylic oxidation sites excluding steroid dienone is 4. The summed E-state index contributed by atoms with van der Waals surface area (Å²) in [7, 11) is 0. The molecule has 0 heterocycles. The van der Waals surface area contributed by atoms with Crippen LogP contribution in [0.3, 0.4) is 0 Å². The van der Waals surface area contributed by atoms with Crippen molar-refractivity contribution >= 4 is 6.21 Å². The molecule has 0 rings (SSSR count). The van der Waals surface area contributed by atoms with E-state index >= 15 is 0 Å². The van der Waals surface area contributed by atoms with E-state index in [0.717, 1.165) is 19.3 Å². The Labute approximate surface area is 99.7 Å². The Kier molecular flexibility index (Phi) is 6.78. The Balaban J connectivity index is 4.09. The summed E-state index contributed by atoms with van der Waals surface area (Å²) in [5.41, 5.74) is 2.71. The lowest BCUT2D eigenvalue weighted by atomic mass is 9.89. The van der Waals surface area contributed by atoms with Crippen LogP contribution in [0.25, 0.3) is 0 Å². The normalized spacial score (nSPS) is 13.2. The van der Waals surface area contributed by atoms with Gasteiger partial charge in [0.05, 0.1) is 0 Å². The molecule has 0 amide bonds. The van der Waals surface area contributed by atoms with E-state index in [9.17, 15) is 0 Å². The van der Waals surface area contributed by atoms with Gasteiger partial charge in [0.2, 0.25) is 0 Å². The number of nitrogens with zero attached hydrogens (tertiary/aromatic N) is 1. The molecular formula is C14H25NO. The van der Waals surface area contributed by atoms with Crippen molar-refractivity contribution in [2.24, 2.45) is 10.6 Å². The van der Waals surface area contributed by atoms with Crippen LogP contribution in [0.15, 0.2) is 28.5 Å². The molecule has 0 saturated carbocycles. The van der Waals surface area contributed by atoms with Gasteiger partial charge in [0, 0.05) is 11.6 Å². The van der Waals surface area contributed by atoms with Crippen LogP contribution in [0, 0.1) is 5.41 Å². The Morgan fingerprint density at radius 2 is 1.81 bits per heavy atom. The lowest BCUT2D eigenvalue weighted by Crippen LogP contribution is -2.11. The molecule has 0 saturated heterocycles. The van der Waals surface area contributed by atoms with Crippen molar-refractivity contribution in [1.29, 1.82) is 0 Å². The van der Waals surface area contributed by atoms with Crippen molar-refractivity contribution in [3.05, 3.63) is 23.3 Å². The number of oxime groups is 1. The van der Waals surface area contributed by atoms with Gasteiger partial charge in [-0.15, -0.1) is 5.16 Å². The van der Waals surface area contributed by atoms with E-state index in [-0.39, 0.29) is 5.41 Å². The highest BCUT2D eigenvalue weighted by Crippen LogP contribution is 2.20. The van der Waals surface area contributed by atoms with Crippen LogP contribution < -0.4 is 0 Å². The minimum atomic E-state index is -0.0630. The SMILES string of the molecule is CC(C)=CCCC(C)=CCC(C)(C)C=NO. The topological polar surface area (TPSA) is 32.6 Å². The molecular weight excluding hydrogens is 198 g/mol. The van der Waals surface area contributed by atoms with Gasteiger partial charge in [-0.2, -0.15) is 0 Å². The molecule has 0 fully saturated rings. The number of rotatable bonds is 6. The second kappa shape index (κ2) is 7.26. The largest absolute Gasteiger partial charge is 0.411 e. The van der Waals surface area contributed by atoms with E-state index in [1.54, 1.807) is 6.21 Å². The summed E-state index contributed by atoms with van der Waals surface area (Å²) < 4.78 is 0. The van der Waals surface area contributed by atoms with E-state index in [4.69, 9.17) is 5.21 Å². The molecule has 0 aromatic heterocycles. The zero-order chi connectivity index (χ0) is 12.6. The van der Waals surface area contributed by atoms with Crippen LogP contribution in [-0.4, -0.2) is 11.4 Å². The van der Waals surface area contributed by atoms with Crippen LogP contribution in [0.4, 0.5) is 0 Å². The maximum Gasteiger partial charge on any atom is 0.0495 e. The van der Waals surface area contributed by atoms with Gasteiger partial charge in [-0.05, 0) is 40.0 Å². The molecule has 0 unspecified atom stereocenters. The summed E-state index contributed by atoms with van der Waals surface area (Å²) >= 11 is 0. The van der Waals surface area contributed by atoms with E-state index in [1.165, 1.54) is 11.1 Å². The van der Waals surface area contributed by atoms with Crippen LogP contribution in [0.1, 0.15) is 53.9 Å². The Bertz CT molecular complexity index is 281. The third-order valence-corrected chi connectivity index (χ3v) is 2.48. The van der Waals surface area contributed by atoms with Gasteiger partial charge >= 0.3 is 0 Å². The zero-order valence-electron chi connectivity index (χ0n) is 11.2. The lowest BCUT2D eigenvalue weighted by molar-refractivity contribution is 0.313. The molecule has 1 N–H and O–H groups in total. The first-order valence-electron chi connectivity index (χ1n) is 5.85. The summed E-state index contributed by atoms with van der Waals surface area (Å²) in [6.45, 7) is 10.5.